The lowest BCUT2D eigenvalue weighted by atomic mass is 10.1. The van der Waals surface area contributed by atoms with Gasteiger partial charge in [-0.2, -0.15) is 5.10 Å². The van der Waals surface area contributed by atoms with Crippen LogP contribution in [0.4, 0.5) is 0 Å². The molecule has 3 rings (SSSR count). The van der Waals surface area contributed by atoms with Crippen molar-refractivity contribution in [2.24, 2.45) is 7.05 Å². The molecule has 2 aromatic rings. The quantitative estimate of drug-likeness (QED) is 0.878. The van der Waals surface area contributed by atoms with Crippen LogP contribution in [0.25, 0.3) is 0 Å². The number of amides is 1. The van der Waals surface area contributed by atoms with Crippen molar-refractivity contribution in [2.45, 2.75) is 32.4 Å². The molecule has 1 amide bonds. The number of nitrogens with zero attached hydrogens (tertiary/aromatic N) is 2. The van der Waals surface area contributed by atoms with Gasteiger partial charge in [0.05, 0.1) is 5.69 Å². The fourth-order valence-electron chi connectivity index (χ4n) is 2.89. The van der Waals surface area contributed by atoms with Gasteiger partial charge in [-0.3, -0.25) is 9.48 Å². The highest BCUT2D eigenvalue weighted by molar-refractivity contribution is 5.94. The van der Waals surface area contributed by atoms with E-state index in [4.69, 9.17) is 4.74 Å². The second kappa shape index (κ2) is 7.49. The molecule has 2 heterocycles. The van der Waals surface area contributed by atoms with E-state index in [2.05, 4.69) is 15.7 Å². The van der Waals surface area contributed by atoms with Gasteiger partial charge < -0.3 is 15.4 Å². The number of rotatable bonds is 5. The first-order valence-electron chi connectivity index (χ1n) is 8.36. The van der Waals surface area contributed by atoms with Crippen molar-refractivity contribution >= 4 is 5.91 Å². The van der Waals surface area contributed by atoms with E-state index in [0.29, 0.717) is 12.1 Å². The minimum absolute atomic E-state index is 0.0910. The molecule has 0 radical (unpaired) electrons. The summed E-state index contributed by atoms with van der Waals surface area (Å²) in [5, 5.41) is 10.5. The third-order valence-electron chi connectivity index (χ3n) is 4.26. The van der Waals surface area contributed by atoms with Crippen LogP contribution in [-0.4, -0.2) is 34.9 Å². The summed E-state index contributed by atoms with van der Waals surface area (Å²) >= 11 is 0. The van der Waals surface area contributed by atoms with E-state index in [9.17, 15) is 4.79 Å². The van der Waals surface area contributed by atoms with Gasteiger partial charge in [-0.05, 0) is 57.1 Å². The van der Waals surface area contributed by atoms with Crippen molar-refractivity contribution in [3.05, 3.63) is 47.3 Å². The molecule has 1 aromatic heterocycles. The Hall–Kier alpha value is -2.34. The lowest BCUT2D eigenvalue weighted by Gasteiger charge is -2.23. The Kier molecular flexibility index (Phi) is 5.15. The molecule has 0 aliphatic carbocycles. The first-order valence-corrected chi connectivity index (χ1v) is 8.36. The smallest absolute Gasteiger partial charge is 0.251 e. The van der Waals surface area contributed by atoms with Crippen LogP contribution in [-0.2, 0) is 13.6 Å². The number of ether oxygens (including phenoxy) is 1. The second-order valence-electron chi connectivity index (χ2n) is 6.19. The zero-order chi connectivity index (χ0) is 16.9. The standard InChI is InChI=1S/C18H24N4O2/c1-13-15(12-22(2)21-13)11-20-18(23)14-3-5-16(6-4-14)24-17-7-9-19-10-8-17/h3-6,12,17,19H,7-11H2,1-2H3,(H,20,23). The number of benzene rings is 1. The number of piperidine rings is 1. The number of hydrogen-bond acceptors (Lipinski definition) is 4. The monoisotopic (exact) mass is 328 g/mol. The predicted octanol–water partition coefficient (Wildman–Crippen LogP) is 1.79. The van der Waals surface area contributed by atoms with Gasteiger partial charge >= 0.3 is 0 Å². The van der Waals surface area contributed by atoms with Crippen LogP contribution in [0.2, 0.25) is 0 Å². The fourth-order valence-corrected chi connectivity index (χ4v) is 2.89. The zero-order valence-corrected chi connectivity index (χ0v) is 14.2. The molecule has 6 heteroatoms. The molecule has 2 N–H and O–H groups in total. The number of carbonyl (C=O) groups excluding carboxylic acids is 1. The lowest BCUT2D eigenvalue weighted by molar-refractivity contribution is 0.0951. The normalized spacial score (nSPS) is 15.2. The van der Waals surface area contributed by atoms with Crippen molar-refractivity contribution in [1.29, 1.82) is 0 Å². The van der Waals surface area contributed by atoms with Crippen molar-refractivity contribution in [3.63, 3.8) is 0 Å². The summed E-state index contributed by atoms with van der Waals surface area (Å²) in [5.41, 5.74) is 2.59. The first-order chi connectivity index (χ1) is 11.6. The summed E-state index contributed by atoms with van der Waals surface area (Å²) < 4.78 is 7.71. The van der Waals surface area contributed by atoms with Crippen molar-refractivity contribution in [1.82, 2.24) is 20.4 Å². The van der Waals surface area contributed by atoms with E-state index in [0.717, 1.165) is 42.9 Å². The minimum atomic E-state index is -0.0910. The van der Waals surface area contributed by atoms with E-state index in [1.807, 2.05) is 44.4 Å². The Morgan fingerprint density at radius 3 is 2.67 bits per heavy atom. The number of aromatic nitrogens is 2. The van der Waals surface area contributed by atoms with Gasteiger partial charge in [0, 0.05) is 30.9 Å². The molecule has 128 valence electrons. The maximum Gasteiger partial charge on any atom is 0.251 e. The highest BCUT2D eigenvalue weighted by atomic mass is 16.5. The third-order valence-corrected chi connectivity index (χ3v) is 4.26. The molecule has 1 aromatic carbocycles. The van der Waals surface area contributed by atoms with E-state index in [1.165, 1.54) is 0 Å². The van der Waals surface area contributed by atoms with Gasteiger partial charge in [0.1, 0.15) is 11.9 Å². The molecule has 0 bridgehead atoms. The molecule has 0 unspecified atom stereocenters. The molecule has 1 fully saturated rings. The van der Waals surface area contributed by atoms with E-state index >= 15 is 0 Å². The van der Waals surface area contributed by atoms with E-state index in [1.54, 1.807) is 4.68 Å². The molecular formula is C18H24N4O2. The number of aryl methyl sites for hydroxylation is 2. The summed E-state index contributed by atoms with van der Waals surface area (Å²) in [6.07, 6.45) is 4.23. The molecule has 1 aliphatic rings. The number of hydrogen-bond donors (Lipinski definition) is 2. The van der Waals surface area contributed by atoms with E-state index < -0.39 is 0 Å². The van der Waals surface area contributed by atoms with Gasteiger partial charge in [0.15, 0.2) is 0 Å². The van der Waals surface area contributed by atoms with Gasteiger partial charge in [-0.15, -0.1) is 0 Å². The highest BCUT2D eigenvalue weighted by Crippen LogP contribution is 2.17. The van der Waals surface area contributed by atoms with Gasteiger partial charge in [0.25, 0.3) is 5.91 Å². The highest BCUT2D eigenvalue weighted by Gasteiger charge is 2.14. The minimum Gasteiger partial charge on any atom is -0.490 e. The molecule has 1 aliphatic heterocycles. The Morgan fingerprint density at radius 2 is 2.04 bits per heavy atom. The molecule has 24 heavy (non-hydrogen) atoms. The van der Waals surface area contributed by atoms with Gasteiger partial charge in [-0.25, -0.2) is 0 Å². The zero-order valence-electron chi connectivity index (χ0n) is 14.2. The maximum atomic E-state index is 12.2. The summed E-state index contributed by atoms with van der Waals surface area (Å²) in [5.74, 6) is 0.730. The van der Waals surface area contributed by atoms with Crippen molar-refractivity contribution in [3.8, 4) is 5.75 Å². The molecule has 1 saturated heterocycles. The van der Waals surface area contributed by atoms with Crippen molar-refractivity contribution in [2.75, 3.05) is 13.1 Å². The van der Waals surface area contributed by atoms with Crippen LogP contribution in [0.3, 0.4) is 0 Å². The molecular weight excluding hydrogens is 304 g/mol. The van der Waals surface area contributed by atoms with Crippen LogP contribution in [0, 0.1) is 6.92 Å². The van der Waals surface area contributed by atoms with Crippen LogP contribution in [0.1, 0.15) is 34.5 Å². The molecule has 0 saturated carbocycles. The largest absolute Gasteiger partial charge is 0.490 e. The van der Waals surface area contributed by atoms with Gasteiger partial charge in [-0.1, -0.05) is 0 Å². The topological polar surface area (TPSA) is 68.2 Å². The van der Waals surface area contributed by atoms with E-state index in [-0.39, 0.29) is 12.0 Å². The average molecular weight is 328 g/mol. The Bertz CT molecular complexity index is 688. The molecule has 6 nitrogen and oxygen atoms in total. The molecule has 0 atom stereocenters. The molecule has 0 spiro atoms. The summed E-state index contributed by atoms with van der Waals surface area (Å²) in [6, 6.07) is 7.35. The second-order valence-corrected chi connectivity index (χ2v) is 6.19. The maximum absolute atomic E-state index is 12.2. The third kappa shape index (κ3) is 4.14. The summed E-state index contributed by atoms with van der Waals surface area (Å²) in [4.78, 5) is 12.2. The SMILES string of the molecule is Cc1nn(C)cc1CNC(=O)c1ccc(OC2CCNCC2)cc1. The van der Waals surface area contributed by atoms with Crippen LogP contribution >= 0.6 is 0 Å². The average Bonchev–Trinajstić information content (AvgIpc) is 2.92. The predicted molar refractivity (Wildman–Crippen MR) is 92.1 cm³/mol. The number of carbonyl (C=O) groups is 1. The first kappa shape index (κ1) is 16.5. The Balaban J connectivity index is 1.54. The van der Waals surface area contributed by atoms with Crippen LogP contribution in [0.15, 0.2) is 30.5 Å². The van der Waals surface area contributed by atoms with Crippen molar-refractivity contribution < 1.29 is 9.53 Å². The summed E-state index contributed by atoms with van der Waals surface area (Å²) in [6.45, 7) is 4.41. The van der Waals surface area contributed by atoms with Crippen LogP contribution < -0.4 is 15.4 Å². The Labute approximate surface area is 142 Å². The fraction of sp³-hybridized carbons (Fsp3) is 0.444. The lowest BCUT2D eigenvalue weighted by Crippen LogP contribution is -2.34. The number of nitrogens with one attached hydrogen (secondary N) is 2. The Morgan fingerprint density at radius 1 is 1.33 bits per heavy atom. The van der Waals surface area contributed by atoms with Crippen LogP contribution in [0.5, 0.6) is 5.75 Å². The summed E-state index contributed by atoms with van der Waals surface area (Å²) in [7, 11) is 1.87. The van der Waals surface area contributed by atoms with Gasteiger partial charge in [0.2, 0.25) is 0 Å².